The molecule has 1 fully saturated rings. The number of nitrogens with one attached hydrogen (secondary N) is 1. The zero-order chi connectivity index (χ0) is 18.2. The number of benzene rings is 1. The first kappa shape index (κ1) is 22.4. The molecule has 0 radical (unpaired) electrons. The Kier molecular flexibility index (Phi) is 9.62. The number of methoxy groups -OCH3 is 1. The SMILES string of the molecule is COC(CN)CC(=O)Nc1ccc(C(=O)N(C)C2CCCCC2)cc1.Cl. The van der Waals surface area contributed by atoms with Crippen LogP contribution in [0.5, 0.6) is 0 Å². The molecule has 26 heavy (non-hydrogen) atoms. The third-order valence-corrected chi connectivity index (χ3v) is 4.87. The van der Waals surface area contributed by atoms with Gasteiger partial charge in [0, 0.05) is 38.0 Å². The van der Waals surface area contributed by atoms with Gasteiger partial charge in [0.2, 0.25) is 5.91 Å². The quantitative estimate of drug-likeness (QED) is 0.758. The van der Waals surface area contributed by atoms with Gasteiger partial charge in [-0.05, 0) is 37.1 Å². The molecule has 1 atom stereocenters. The van der Waals surface area contributed by atoms with Crippen LogP contribution in [-0.2, 0) is 9.53 Å². The van der Waals surface area contributed by atoms with E-state index < -0.39 is 0 Å². The van der Waals surface area contributed by atoms with Crippen LogP contribution in [0.1, 0.15) is 48.9 Å². The number of rotatable bonds is 7. The Morgan fingerprint density at radius 2 is 1.85 bits per heavy atom. The molecule has 6 nitrogen and oxygen atoms in total. The van der Waals surface area contributed by atoms with Gasteiger partial charge in [-0.15, -0.1) is 12.4 Å². The summed E-state index contributed by atoms with van der Waals surface area (Å²) in [4.78, 5) is 26.4. The molecule has 1 unspecified atom stereocenters. The average Bonchev–Trinajstić information content (AvgIpc) is 2.66. The highest BCUT2D eigenvalue weighted by Crippen LogP contribution is 2.23. The van der Waals surface area contributed by atoms with Crippen LogP contribution in [0, 0.1) is 0 Å². The van der Waals surface area contributed by atoms with E-state index in [1.165, 1.54) is 26.4 Å². The summed E-state index contributed by atoms with van der Waals surface area (Å²) >= 11 is 0. The Morgan fingerprint density at radius 1 is 1.23 bits per heavy atom. The summed E-state index contributed by atoms with van der Waals surface area (Å²) in [6.07, 6.45) is 5.73. The zero-order valence-electron chi connectivity index (χ0n) is 15.6. The van der Waals surface area contributed by atoms with Gasteiger partial charge in [-0.25, -0.2) is 0 Å². The van der Waals surface area contributed by atoms with Gasteiger partial charge in [0.15, 0.2) is 0 Å². The van der Waals surface area contributed by atoms with E-state index in [1.807, 2.05) is 11.9 Å². The van der Waals surface area contributed by atoms with Crippen LogP contribution in [0.2, 0.25) is 0 Å². The van der Waals surface area contributed by atoms with Crippen molar-refractivity contribution in [1.29, 1.82) is 0 Å². The van der Waals surface area contributed by atoms with Crippen LogP contribution in [0.4, 0.5) is 5.69 Å². The lowest BCUT2D eigenvalue weighted by Crippen LogP contribution is -2.38. The maximum Gasteiger partial charge on any atom is 0.253 e. The highest BCUT2D eigenvalue weighted by Gasteiger charge is 2.23. The fraction of sp³-hybridized carbons (Fsp3) is 0.579. The lowest BCUT2D eigenvalue weighted by molar-refractivity contribution is -0.118. The topological polar surface area (TPSA) is 84.7 Å². The van der Waals surface area contributed by atoms with Gasteiger partial charge in [-0.2, -0.15) is 0 Å². The molecule has 0 saturated heterocycles. The van der Waals surface area contributed by atoms with Crippen LogP contribution >= 0.6 is 12.4 Å². The molecule has 7 heteroatoms. The van der Waals surface area contributed by atoms with Crippen molar-refractivity contribution in [3.8, 4) is 0 Å². The van der Waals surface area contributed by atoms with Crippen LogP contribution in [0.15, 0.2) is 24.3 Å². The number of carbonyl (C=O) groups excluding carboxylic acids is 2. The van der Waals surface area contributed by atoms with Crippen molar-refractivity contribution < 1.29 is 14.3 Å². The molecule has 1 aliphatic rings. The molecule has 1 aliphatic carbocycles. The Morgan fingerprint density at radius 3 is 2.38 bits per heavy atom. The van der Waals surface area contributed by atoms with Gasteiger partial charge >= 0.3 is 0 Å². The fourth-order valence-electron chi connectivity index (χ4n) is 3.22. The van der Waals surface area contributed by atoms with Crippen molar-refractivity contribution in [3.63, 3.8) is 0 Å². The van der Waals surface area contributed by atoms with Gasteiger partial charge in [0.05, 0.1) is 12.5 Å². The number of ether oxygens (including phenoxy) is 1. The number of nitrogens with two attached hydrogens (primary N) is 1. The number of carbonyl (C=O) groups is 2. The van der Waals surface area contributed by atoms with Crippen molar-refractivity contribution in [1.82, 2.24) is 4.90 Å². The Labute approximate surface area is 161 Å². The minimum atomic E-state index is -0.287. The summed E-state index contributed by atoms with van der Waals surface area (Å²) < 4.78 is 5.11. The molecule has 0 spiro atoms. The van der Waals surface area contributed by atoms with E-state index in [0.717, 1.165) is 12.8 Å². The van der Waals surface area contributed by atoms with Gasteiger partial charge in [0.25, 0.3) is 5.91 Å². The second kappa shape index (κ2) is 11.2. The molecular weight excluding hydrogens is 354 g/mol. The number of amides is 2. The van der Waals surface area contributed by atoms with Crippen LogP contribution < -0.4 is 11.1 Å². The standard InChI is InChI=1S/C19H29N3O3.ClH/c1-22(16-6-4-3-5-7-16)19(24)14-8-10-15(11-9-14)21-18(23)12-17(13-20)25-2;/h8-11,16-17H,3-7,12-13,20H2,1-2H3,(H,21,23);1H. The third-order valence-electron chi connectivity index (χ3n) is 4.87. The van der Waals surface area contributed by atoms with Crippen LogP contribution in [-0.4, -0.2) is 49.6 Å². The van der Waals surface area contributed by atoms with Gasteiger partial charge in [-0.1, -0.05) is 19.3 Å². The van der Waals surface area contributed by atoms with E-state index in [0.29, 0.717) is 23.8 Å². The minimum absolute atomic E-state index is 0. The summed E-state index contributed by atoms with van der Waals surface area (Å²) in [5.74, 6) is -0.122. The number of hydrogen-bond acceptors (Lipinski definition) is 4. The second-order valence-corrected chi connectivity index (χ2v) is 6.63. The van der Waals surface area contributed by atoms with E-state index in [1.54, 1.807) is 24.3 Å². The molecule has 0 heterocycles. The lowest BCUT2D eigenvalue weighted by Gasteiger charge is -2.31. The summed E-state index contributed by atoms with van der Waals surface area (Å²) in [5.41, 5.74) is 6.82. The summed E-state index contributed by atoms with van der Waals surface area (Å²) in [6.45, 7) is 0.296. The average molecular weight is 384 g/mol. The molecule has 0 aliphatic heterocycles. The van der Waals surface area contributed by atoms with Gasteiger partial charge in [0.1, 0.15) is 0 Å². The molecular formula is C19H30ClN3O3. The van der Waals surface area contributed by atoms with Crippen LogP contribution in [0.3, 0.4) is 0 Å². The molecule has 1 saturated carbocycles. The van der Waals surface area contributed by atoms with Crippen LogP contribution in [0.25, 0.3) is 0 Å². The highest BCUT2D eigenvalue weighted by atomic mass is 35.5. The Balaban J connectivity index is 0.00000338. The predicted molar refractivity (Wildman–Crippen MR) is 106 cm³/mol. The Bertz CT molecular complexity index is 570. The molecule has 2 rings (SSSR count). The van der Waals surface area contributed by atoms with Crippen molar-refractivity contribution in [3.05, 3.63) is 29.8 Å². The molecule has 0 bridgehead atoms. The number of halogens is 1. The third kappa shape index (κ3) is 6.27. The largest absolute Gasteiger partial charge is 0.380 e. The smallest absolute Gasteiger partial charge is 0.253 e. The molecule has 0 aromatic heterocycles. The maximum atomic E-state index is 12.6. The first-order valence-electron chi connectivity index (χ1n) is 8.95. The monoisotopic (exact) mass is 383 g/mol. The maximum absolute atomic E-state index is 12.6. The first-order chi connectivity index (χ1) is 12.0. The zero-order valence-corrected chi connectivity index (χ0v) is 16.4. The number of nitrogens with zero attached hydrogens (tertiary/aromatic N) is 1. The molecule has 3 N–H and O–H groups in total. The molecule has 146 valence electrons. The summed E-state index contributed by atoms with van der Waals surface area (Å²) in [7, 11) is 3.42. The molecule has 1 aromatic carbocycles. The second-order valence-electron chi connectivity index (χ2n) is 6.63. The molecule has 1 aromatic rings. The van der Waals surface area contributed by atoms with Crippen molar-refractivity contribution in [2.45, 2.75) is 50.7 Å². The van der Waals surface area contributed by atoms with E-state index in [4.69, 9.17) is 10.5 Å². The highest BCUT2D eigenvalue weighted by molar-refractivity contribution is 5.96. The minimum Gasteiger partial charge on any atom is -0.380 e. The van der Waals surface area contributed by atoms with Gasteiger partial charge in [-0.3, -0.25) is 9.59 Å². The summed E-state index contributed by atoms with van der Waals surface area (Å²) in [5, 5.41) is 2.80. The van der Waals surface area contributed by atoms with E-state index in [2.05, 4.69) is 5.32 Å². The predicted octanol–water partition coefficient (Wildman–Crippen LogP) is 2.82. The van der Waals surface area contributed by atoms with E-state index in [9.17, 15) is 9.59 Å². The number of hydrogen-bond donors (Lipinski definition) is 2. The van der Waals surface area contributed by atoms with Crippen molar-refractivity contribution in [2.75, 3.05) is 26.0 Å². The van der Waals surface area contributed by atoms with Crippen molar-refractivity contribution >= 4 is 29.9 Å². The lowest BCUT2D eigenvalue weighted by atomic mass is 9.94. The Hall–Kier alpha value is -1.63. The number of anilines is 1. The fourth-order valence-corrected chi connectivity index (χ4v) is 3.22. The first-order valence-corrected chi connectivity index (χ1v) is 8.95. The normalized spacial score (nSPS) is 15.7. The van der Waals surface area contributed by atoms with Crippen molar-refractivity contribution in [2.24, 2.45) is 5.73 Å². The molecule has 2 amide bonds. The van der Waals surface area contributed by atoms with E-state index in [-0.39, 0.29) is 36.7 Å². The van der Waals surface area contributed by atoms with E-state index >= 15 is 0 Å². The summed E-state index contributed by atoms with van der Waals surface area (Å²) in [6, 6.07) is 7.36. The van der Waals surface area contributed by atoms with Gasteiger partial charge < -0.3 is 20.7 Å².